The molecule has 1 aliphatic rings. The van der Waals surface area contributed by atoms with Crippen molar-refractivity contribution in [3.05, 3.63) is 107 Å². The van der Waals surface area contributed by atoms with Gasteiger partial charge in [-0.3, -0.25) is 9.59 Å². The lowest BCUT2D eigenvalue weighted by Gasteiger charge is -2.34. The molecule has 38 heavy (non-hydrogen) atoms. The molecule has 1 atom stereocenters. The van der Waals surface area contributed by atoms with Gasteiger partial charge in [0.05, 0.1) is 5.75 Å². The number of nitrogens with zero attached hydrogens (tertiary/aromatic N) is 1. The van der Waals surface area contributed by atoms with Gasteiger partial charge in [0, 0.05) is 24.8 Å². The SMILES string of the molecule is Cc1ccccc1CN(C(=O)CSCc1ccccc1F)[C@@H](Cc1ccccc1)C(=O)NC1CCCCC1. The van der Waals surface area contributed by atoms with Crippen molar-refractivity contribution < 1.29 is 14.0 Å². The van der Waals surface area contributed by atoms with E-state index >= 15 is 0 Å². The van der Waals surface area contributed by atoms with E-state index in [1.54, 1.807) is 23.1 Å². The fourth-order valence-corrected chi connectivity index (χ4v) is 5.91. The summed E-state index contributed by atoms with van der Waals surface area (Å²) in [6.07, 6.45) is 5.84. The predicted molar refractivity (Wildman–Crippen MR) is 153 cm³/mol. The number of amides is 2. The van der Waals surface area contributed by atoms with Crippen LogP contribution in [0.3, 0.4) is 0 Å². The molecule has 6 heteroatoms. The molecule has 0 unspecified atom stereocenters. The van der Waals surface area contributed by atoms with Gasteiger partial charge in [0.1, 0.15) is 11.9 Å². The van der Waals surface area contributed by atoms with Crippen molar-refractivity contribution in [3.63, 3.8) is 0 Å². The van der Waals surface area contributed by atoms with Gasteiger partial charge in [0.15, 0.2) is 0 Å². The fraction of sp³-hybridized carbons (Fsp3) is 0.375. The summed E-state index contributed by atoms with van der Waals surface area (Å²) < 4.78 is 14.1. The third-order valence-corrected chi connectivity index (χ3v) is 8.23. The van der Waals surface area contributed by atoms with Crippen LogP contribution in [0.4, 0.5) is 4.39 Å². The van der Waals surface area contributed by atoms with Gasteiger partial charge in [-0.1, -0.05) is 92.1 Å². The van der Waals surface area contributed by atoms with Crippen molar-refractivity contribution >= 4 is 23.6 Å². The largest absolute Gasteiger partial charge is 0.352 e. The Labute approximate surface area is 230 Å². The second kappa shape index (κ2) is 14.1. The summed E-state index contributed by atoms with van der Waals surface area (Å²) >= 11 is 1.38. The molecule has 3 aromatic rings. The van der Waals surface area contributed by atoms with Crippen LogP contribution in [-0.4, -0.2) is 34.6 Å². The minimum Gasteiger partial charge on any atom is -0.352 e. The molecular formula is C32H37FN2O2S. The molecule has 0 heterocycles. The molecule has 1 saturated carbocycles. The third-order valence-electron chi connectivity index (χ3n) is 7.27. The van der Waals surface area contributed by atoms with Crippen LogP contribution in [0.25, 0.3) is 0 Å². The summed E-state index contributed by atoms with van der Waals surface area (Å²) in [5, 5.41) is 3.28. The zero-order valence-electron chi connectivity index (χ0n) is 22.1. The van der Waals surface area contributed by atoms with Gasteiger partial charge < -0.3 is 10.2 Å². The quantitative estimate of drug-likeness (QED) is 0.309. The lowest BCUT2D eigenvalue weighted by atomic mass is 9.94. The van der Waals surface area contributed by atoms with Gasteiger partial charge in [0.25, 0.3) is 0 Å². The number of thioether (sulfide) groups is 1. The highest BCUT2D eigenvalue weighted by Gasteiger charge is 2.32. The number of carbonyl (C=O) groups is 2. The highest BCUT2D eigenvalue weighted by atomic mass is 32.2. The first kappa shape index (κ1) is 27.9. The Morgan fingerprint density at radius 1 is 0.921 bits per heavy atom. The lowest BCUT2D eigenvalue weighted by molar-refractivity contribution is -0.139. The van der Waals surface area contributed by atoms with Crippen LogP contribution in [0.5, 0.6) is 0 Å². The van der Waals surface area contributed by atoms with Crippen LogP contribution < -0.4 is 5.32 Å². The Morgan fingerprint density at radius 3 is 2.29 bits per heavy atom. The minimum atomic E-state index is -0.638. The standard InChI is InChI=1S/C32H37FN2O2S/c1-24-12-8-9-15-26(24)21-35(31(36)23-38-22-27-16-10-11-19-29(27)33)30(20-25-13-4-2-5-14-25)32(37)34-28-17-6-3-7-18-28/h2,4-5,8-16,19,28,30H,3,6-7,17-18,20-23H2,1H3,(H,34,37)/t30-/m0/s1. The smallest absolute Gasteiger partial charge is 0.243 e. The molecule has 1 fully saturated rings. The number of nitrogens with one attached hydrogen (secondary N) is 1. The summed E-state index contributed by atoms with van der Waals surface area (Å²) in [5.74, 6) is 0.0883. The molecule has 1 aliphatic carbocycles. The van der Waals surface area contributed by atoms with Gasteiger partial charge >= 0.3 is 0 Å². The zero-order chi connectivity index (χ0) is 26.7. The number of rotatable bonds is 11. The average Bonchev–Trinajstić information content (AvgIpc) is 2.93. The summed E-state index contributed by atoms with van der Waals surface area (Å²) in [4.78, 5) is 29.3. The van der Waals surface area contributed by atoms with E-state index in [0.29, 0.717) is 24.3 Å². The number of hydrogen-bond donors (Lipinski definition) is 1. The number of halogens is 1. The molecule has 0 saturated heterocycles. The van der Waals surface area contributed by atoms with Gasteiger partial charge in [-0.2, -0.15) is 0 Å². The Morgan fingerprint density at radius 2 is 1.58 bits per heavy atom. The molecule has 3 aromatic carbocycles. The summed E-state index contributed by atoms with van der Waals surface area (Å²) in [6.45, 7) is 2.38. The first-order valence-electron chi connectivity index (χ1n) is 13.5. The van der Waals surface area contributed by atoms with Crippen LogP contribution in [0.1, 0.15) is 54.4 Å². The topological polar surface area (TPSA) is 49.4 Å². The van der Waals surface area contributed by atoms with Crippen molar-refractivity contribution in [2.24, 2.45) is 0 Å². The van der Waals surface area contributed by atoms with Gasteiger partial charge in [-0.15, -0.1) is 11.8 Å². The number of carbonyl (C=O) groups excluding carboxylic acids is 2. The highest BCUT2D eigenvalue weighted by molar-refractivity contribution is 7.99. The molecule has 0 aliphatic heterocycles. The second-order valence-corrected chi connectivity index (χ2v) is 11.1. The normalized spacial score (nSPS) is 14.6. The molecule has 0 aromatic heterocycles. The molecule has 4 nitrogen and oxygen atoms in total. The Kier molecular flexibility index (Phi) is 10.4. The van der Waals surface area contributed by atoms with Gasteiger partial charge in [-0.05, 0) is 48.1 Å². The monoisotopic (exact) mass is 532 g/mol. The van der Waals surface area contributed by atoms with E-state index in [0.717, 1.165) is 42.4 Å². The maximum atomic E-state index is 14.1. The van der Waals surface area contributed by atoms with Crippen molar-refractivity contribution in [2.45, 2.75) is 69.8 Å². The van der Waals surface area contributed by atoms with Gasteiger partial charge in [-0.25, -0.2) is 4.39 Å². The first-order valence-corrected chi connectivity index (χ1v) is 14.7. The van der Waals surface area contributed by atoms with Crippen molar-refractivity contribution in [1.82, 2.24) is 10.2 Å². The molecule has 2 amide bonds. The zero-order valence-corrected chi connectivity index (χ0v) is 22.9. The van der Waals surface area contributed by atoms with Crippen LogP contribution >= 0.6 is 11.8 Å². The van der Waals surface area contributed by atoms with E-state index in [9.17, 15) is 14.0 Å². The number of hydrogen-bond acceptors (Lipinski definition) is 3. The van der Waals surface area contributed by atoms with E-state index in [1.165, 1.54) is 24.2 Å². The van der Waals surface area contributed by atoms with Crippen LogP contribution in [0.15, 0.2) is 78.9 Å². The molecular weight excluding hydrogens is 495 g/mol. The number of aryl methyl sites for hydroxylation is 1. The molecule has 4 rings (SSSR count). The molecule has 0 radical (unpaired) electrons. The Hall–Kier alpha value is -3.12. The van der Waals surface area contributed by atoms with E-state index in [-0.39, 0.29) is 29.4 Å². The molecule has 0 spiro atoms. The predicted octanol–water partition coefficient (Wildman–Crippen LogP) is 6.46. The fourth-order valence-electron chi connectivity index (χ4n) is 5.02. The summed E-state index contributed by atoms with van der Waals surface area (Å²) in [7, 11) is 0. The average molecular weight is 533 g/mol. The van der Waals surface area contributed by atoms with Crippen molar-refractivity contribution in [3.8, 4) is 0 Å². The lowest BCUT2D eigenvalue weighted by Crippen LogP contribution is -2.53. The van der Waals surface area contributed by atoms with Gasteiger partial charge in [0.2, 0.25) is 11.8 Å². The first-order chi connectivity index (χ1) is 18.5. The summed E-state index contributed by atoms with van der Waals surface area (Å²) in [5.41, 5.74) is 3.68. The summed E-state index contributed by atoms with van der Waals surface area (Å²) in [6, 6.07) is 24.0. The molecule has 200 valence electrons. The Bertz CT molecular complexity index is 1200. The number of benzene rings is 3. The van der Waals surface area contributed by atoms with Crippen LogP contribution in [0, 0.1) is 12.7 Å². The minimum absolute atomic E-state index is 0.0956. The molecule has 0 bridgehead atoms. The van der Waals surface area contributed by atoms with E-state index in [1.807, 2.05) is 61.5 Å². The third kappa shape index (κ3) is 7.94. The van der Waals surface area contributed by atoms with Crippen molar-refractivity contribution in [1.29, 1.82) is 0 Å². The van der Waals surface area contributed by atoms with E-state index < -0.39 is 6.04 Å². The maximum absolute atomic E-state index is 14.1. The second-order valence-electron chi connectivity index (χ2n) is 10.1. The van der Waals surface area contributed by atoms with E-state index in [4.69, 9.17) is 0 Å². The van der Waals surface area contributed by atoms with Crippen LogP contribution in [0.2, 0.25) is 0 Å². The van der Waals surface area contributed by atoms with Crippen LogP contribution in [-0.2, 0) is 28.3 Å². The van der Waals surface area contributed by atoms with Crippen molar-refractivity contribution in [2.75, 3.05) is 5.75 Å². The molecule has 1 N–H and O–H groups in total. The van der Waals surface area contributed by atoms with E-state index in [2.05, 4.69) is 5.32 Å². The maximum Gasteiger partial charge on any atom is 0.243 e. The highest BCUT2D eigenvalue weighted by Crippen LogP contribution is 2.22. The Balaban J connectivity index is 1.58.